The molecule has 0 aliphatic rings. The second-order valence-corrected chi connectivity index (χ2v) is 5.37. The minimum absolute atomic E-state index is 0.0242. The van der Waals surface area contributed by atoms with Crippen molar-refractivity contribution in [2.45, 2.75) is 6.92 Å². The van der Waals surface area contributed by atoms with Gasteiger partial charge in [0.1, 0.15) is 0 Å². The Morgan fingerprint density at radius 2 is 1.79 bits per heavy atom. The molecule has 0 radical (unpaired) electrons. The molecule has 0 saturated carbocycles. The molecular weight excluding hydrogens is 302 g/mol. The quantitative estimate of drug-likeness (QED) is 0.636. The fourth-order valence-corrected chi connectivity index (χ4v) is 2.73. The van der Waals surface area contributed by atoms with Crippen LogP contribution in [-0.4, -0.2) is 10.5 Å². The van der Waals surface area contributed by atoms with Gasteiger partial charge in [0.05, 0.1) is 11.2 Å². The zero-order valence-electron chi connectivity index (χ0n) is 10.4. The minimum Gasteiger partial charge on any atom is -0.280 e. The monoisotopic (exact) mass is 313 g/mol. The number of halogens is 1. The van der Waals surface area contributed by atoms with Gasteiger partial charge in [-0.3, -0.25) is 9.36 Å². The Hall–Kier alpha value is -1.87. The number of hydrogen-bond donors (Lipinski definition) is 0. The van der Waals surface area contributed by atoms with E-state index in [-0.39, 0.29) is 5.91 Å². The molecule has 0 unspecified atom stereocenters. The average molecular weight is 314 g/mol. The molecule has 0 saturated heterocycles. The first-order valence-corrected chi connectivity index (χ1v) is 6.83. The number of hydrogen-bond acceptors (Lipinski definition) is 1. The predicted molar refractivity (Wildman–Crippen MR) is 81.4 cm³/mol. The van der Waals surface area contributed by atoms with E-state index in [4.69, 9.17) is 0 Å². The van der Waals surface area contributed by atoms with Crippen molar-refractivity contribution in [1.82, 2.24) is 4.57 Å². The molecule has 0 aliphatic carbocycles. The molecular formula is C16H12BrNO. The molecule has 0 fully saturated rings. The van der Waals surface area contributed by atoms with Crippen LogP contribution in [0.1, 0.15) is 11.7 Å². The van der Waals surface area contributed by atoms with Crippen molar-refractivity contribution in [2.75, 3.05) is 0 Å². The first kappa shape index (κ1) is 12.2. The van der Waals surface area contributed by atoms with E-state index in [9.17, 15) is 4.79 Å². The van der Waals surface area contributed by atoms with Crippen LogP contribution in [0.3, 0.4) is 0 Å². The van der Waals surface area contributed by atoms with Crippen LogP contribution in [0.5, 0.6) is 0 Å². The van der Waals surface area contributed by atoms with Crippen molar-refractivity contribution in [3.8, 4) is 11.3 Å². The lowest BCUT2D eigenvalue weighted by atomic mass is 10.1. The van der Waals surface area contributed by atoms with E-state index in [1.165, 1.54) is 0 Å². The Balaban J connectivity index is 2.35. The third-order valence-electron chi connectivity index (χ3n) is 3.15. The van der Waals surface area contributed by atoms with E-state index in [1.54, 1.807) is 11.5 Å². The summed E-state index contributed by atoms with van der Waals surface area (Å²) in [6, 6.07) is 18.0. The van der Waals surface area contributed by atoms with Gasteiger partial charge in [0, 0.05) is 16.8 Å². The largest absolute Gasteiger partial charge is 0.280 e. The predicted octanol–water partition coefficient (Wildman–Crippen LogP) is 4.73. The Bertz CT molecular complexity index is 759. The maximum Gasteiger partial charge on any atom is 0.228 e. The van der Waals surface area contributed by atoms with Gasteiger partial charge in [0.15, 0.2) is 0 Å². The highest BCUT2D eigenvalue weighted by Crippen LogP contribution is 2.29. The second-order valence-electron chi connectivity index (χ2n) is 4.45. The number of carbonyl (C=O) groups excluding carboxylic acids is 1. The summed E-state index contributed by atoms with van der Waals surface area (Å²) in [4.78, 5) is 12.0. The number of aromatic nitrogens is 1. The number of fused-ring (bicyclic) bond motifs is 1. The minimum atomic E-state index is 0.0242. The van der Waals surface area contributed by atoms with E-state index in [1.807, 2.05) is 48.5 Å². The Morgan fingerprint density at radius 1 is 1.05 bits per heavy atom. The molecule has 2 aromatic carbocycles. The molecule has 0 aliphatic heterocycles. The Labute approximate surface area is 119 Å². The molecule has 0 bridgehead atoms. The number of carbonyl (C=O) groups is 1. The first-order chi connectivity index (χ1) is 9.16. The summed E-state index contributed by atoms with van der Waals surface area (Å²) in [5, 5.41) is 1.06. The normalized spacial score (nSPS) is 10.8. The van der Waals surface area contributed by atoms with Gasteiger partial charge in [0.25, 0.3) is 0 Å². The summed E-state index contributed by atoms with van der Waals surface area (Å²) >= 11 is 3.47. The molecule has 3 heteroatoms. The van der Waals surface area contributed by atoms with Crippen molar-refractivity contribution in [2.24, 2.45) is 0 Å². The van der Waals surface area contributed by atoms with Crippen LogP contribution >= 0.6 is 15.9 Å². The van der Waals surface area contributed by atoms with Crippen LogP contribution in [0.15, 0.2) is 59.1 Å². The molecule has 0 N–H and O–H groups in total. The number of benzene rings is 2. The van der Waals surface area contributed by atoms with Crippen LogP contribution in [0.2, 0.25) is 0 Å². The Morgan fingerprint density at radius 3 is 2.47 bits per heavy atom. The first-order valence-electron chi connectivity index (χ1n) is 6.04. The van der Waals surface area contributed by atoms with Crippen molar-refractivity contribution in [3.05, 3.63) is 59.1 Å². The van der Waals surface area contributed by atoms with Crippen LogP contribution < -0.4 is 0 Å². The van der Waals surface area contributed by atoms with Gasteiger partial charge in [-0.05, 0) is 29.8 Å². The van der Waals surface area contributed by atoms with Crippen LogP contribution in [0.4, 0.5) is 0 Å². The van der Waals surface area contributed by atoms with Gasteiger partial charge >= 0.3 is 0 Å². The van der Waals surface area contributed by atoms with Crippen LogP contribution in [0, 0.1) is 0 Å². The van der Waals surface area contributed by atoms with Crippen LogP contribution in [-0.2, 0) is 0 Å². The highest BCUT2D eigenvalue weighted by molar-refractivity contribution is 9.10. The van der Waals surface area contributed by atoms with Gasteiger partial charge in [-0.15, -0.1) is 0 Å². The van der Waals surface area contributed by atoms with Crippen molar-refractivity contribution in [1.29, 1.82) is 0 Å². The van der Waals surface area contributed by atoms with Crippen molar-refractivity contribution < 1.29 is 4.79 Å². The number of rotatable bonds is 1. The van der Waals surface area contributed by atoms with Crippen molar-refractivity contribution >= 4 is 32.7 Å². The molecule has 0 atom stereocenters. The third-order valence-corrected chi connectivity index (χ3v) is 3.64. The van der Waals surface area contributed by atoms with Gasteiger partial charge in [0.2, 0.25) is 5.91 Å². The van der Waals surface area contributed by atoms with Gasteiger partial charge in [-0.1, -0.05) is 46.3 Å². The molecule has 1 heterocycles. The molecule has 2 nitrogen and oxygen atoms in total. The fourth-order valence-electron chi connectivity index (χ4n) is 2.35. The van der Waals surface area contributed by atoms with E-state index in [0.29, 0.717) is 0 Å². The average Bonchev–Trinajstić information content (AvgIpc) is 2.78. The lowest BCUT2D eigenvalue weighted by molar-refractivity contribution is 0.0943. The SMILES string of the molecule is CC(=O)n1c(-c2ccccc2)cc2cc(Br)ccc21. The lowest BCUT2D eigenvalue weighted by Crippen LogP contribution is -2.06. The number of nitrogens with zero attached hydrogens (tertiary/aromatic N) is 1. The third kappa shape index (κ3) is 2.10. The molecule has 94 valence electrons. The summed E-state index contributed by atoms with van der Waals surface area (Å²) in [5.41, 5.74) is 2.92. The summed E-state index contributed by atoms with van der Waals surface area (Å²) in [6.07, 6.45) is 0. The topological polar surface area (TPSA) is 22.0 Å². The standard InChI is InChI=1S/C16H12BrNO/c1-11(19)18-15-8-7-14(17)9-13(15)10-16(18)12-5-3-2-4-6-12/h2-10H,1H3. The smallest absolute Gasteiger partial charge is 0.228 e. The maximum atomic E-state index is 12.0. The zero-order valence-corrected chi connectivity index (χ0v) is 12.0. The van der Waals surface area contributed by atoms with Crippen molar-refractivity contribution in [3.63, 3.8) is 0 Å². The lowest BCUT2D eigenvalue weighted by Gasteiger charge is -2.06. The zero-order chi connectivity index (χ0) is 13.4. The molecule has 19 heavy (non-hydrogen) atoms. The second kappa shape index (κ2) is 4.67. The van der Waals surface area contributed by atoms with E-state index in [2.05, 4.69) is 22.0 Å². The highest BCUT2D eigenvalue weighted by Gasteiger charge is 2.13. The van der Waals surface area contributed by atoms with E-state index in [0.717, 1.165) is 26.6 Å². The van der Waals surface area contributed by atoms with Gasteiger partial charge in [-0.25, -0.2) is 0 Å². The molecule has 1 aromatic heterocycles. The molecule has 3 rings (SSSR count). The summed E-state index contributed by atoms with van der Waals surface area (Å²) in [5.74, 6) is 0.0242. The van der Waals surface area contributed by atoms with Gasteiger partial charge < -0.3 is 0 Å². The Kier molecular flexibility index (Phi) is 2.99. The summed E-state index contributed by atoms with van der Waals surface area (Å²) in [7, 11) is 0. The highest BCUT2D eigenvalue weighted by atomic mass is 79.9. The molecule has 0 amide bonds. The van der Waals surface area contributed by atoms with E-state index >= 15 is 0 Å². The fraction of sp³-hybridized carbons (Fsp3) is 0.0625. The molecule has 0 spiro atoms. The molecule has 3 aromatic rings. The van der Waals surface area contributed by atoms with Gasteiger partial charge in [-0.2, -0.15) is 0 Å². The van der Waals surface area contributed by atoms with Crippen LogP contribution in [0.25, 0.3) is 22.2 Å². The summed E-state index contributed by atoms with van der Waals surface area (Å²) < 4.78 is 2.78. The maximum absolute atomic E-state index is 12.0. The van der Waals surface area contributed by atoms with E-state index < -0.39 is 0 Å². The summed E-state index contributed by atoms with van der Waals surface area (Å²) in [6.45, 7) is 1.59.